The molecule has 6 nitrogen and oxygen atoms in total. The van der Waals surface area contributed by atoms with Crippen molar-refractivity contribution in [3.05, 3.63) is 30.6 Å². The number of nitrogens with zero attached hydrogens (tertiary/aromatic N) is 1. The molecule has 1 aromatic rings. The first-order chi connectivity index (χ1) is 8.42. The Morgan fingerprint density at radius 1 is 1.61 bits per heavy atom. The predicted molar refractivity (Wildman–Crippen MR) is 67.1 cm³/mol. The van der Waals surface area contributed by atoms with Gasteiger partial charge in [0.05, 0.1) is 0 Å². The van der Waals surface area contributed by atoms with Gasteiger partial charge < -0.3 is 9.67 Å². The average Bonchev–Trinajstić information content (AvgIpc) is 2.72. The van der Waals surface area contributed by atoms with Crippen molar-refractivity contribution in [2.45, 2.75) is 24.8 Å². The summed E-state index contributed by atoms with van der Waals surface area (Å²) in [6.45, 7) is 5.85. The molecule has 18 heavy (non-hydrogen) atoms. The number of aryl methyl sites for hydroxylation is 1. The van der Waals surface area contributed by atoms with E-state index in [-0.39, 0.29) is 17.1 Å². The van der Waals surface area contributed by atoms with E-state index in [1.807, 2.05) is 6.92 Å². The lowest BCUT2D eigenvalue weighted by molar-refractivity contribution is 0.0685. The maximum atomic E-state index is 11.8. The highest BCUT2D eigenvalue weighted by Crippen LogP contribution is 2.15. The molecule has 0 aliphatic heterocycles. The van der Waals surface area contributed by atoms with Crippen LogP contribution in [0.5, 0.6) is 0 Å². The molecule has 0 aromatic carbocycles. The van der Waals surface area contributed by atoms with Gasteiger partial charge in [-0.3, -0.25) is 0 Å². The molecule has 0 aliphatic rings. The van der Waals surface area contributed by atoms with Crippen LogP contribution in [0.25, 0.3) is 0 Å². The van der Waals surface area contributed by atoms with Crippen molar-refractivity contribution in [2.24, 2.45) is 0 Å². The van der Waals surface area contributed by atoms with E-state index >= 15 is 0 Å². The van der Waals surface area contributed by atoms with Gasteiger partial charge in [-0.25, -0.2) is 17.9 Å². The second-order valence-electron chi connectivity index (χ2n) is 3.70. The first-order valence-corrected chi connectivity index (χ1v) is 6.94. The van der Waals surface area contributed by atoms with Crippen LogP contribution in [-0.2, 0) is 16.6 Å². The predicted octanol–water partition coefficient (Wildman–Crippen LogP) is 1.06. The summed E-state index contributed by atoms with van der Waals surface area (Å²) in [6, 6.07) is 1.16. The Hall–Kier alpha value is -1.60. The fraction of sp³-hybridized carbons (Fsp3) is 0.364. The van der Waals surface area contributed by atoms with E-state index in [4.69, 9.17) is 5.11 Å². The number of aromatic carboxylic acids is 1. The van der Waals surface area contributed by atoms with Gasteiger partial charge >= 0.3 is 5.97 Å². The van der Waals surface area contributed by atoms with E-state index in [2.05, 4.69) is 11.3 Å². The molecule has 0 spiro atoms. The van der Waals surface area contributed by atoms with Gasteiger partial charge in [0, 0.05) is 19.3 Å². The number of hydrogen-bond donors (Lipinski definition) is 2. The Morgan fingerprint density at radius 3 is 2.78 bits per heavy atom. The minimum absolute atomic E-state index is 0.0316. The molecule has 0 fully saturated rings. The van der Waals surface area contributed by atoms with E-state index < -0.39 is 16.0 Å². The Kier molecular flexibility index (Phi) is 4.69. The smallest absolute Gasteiger partial charge is 0.352 e. The number of aromatic nitrogens is 1. The molecule has 1 heterocycles. The molecular formula is C11H16N2O4S. The lowest BCUT2D eigenvalue weighted by atomic mass is 10.4. The molecule has 0 radical (unpaired) electrons. The quantitative estimate of drug-likeness (QED) is 0.726. The van der Waals surface area contributed by atoms with Crippen LogP contribution < -0.4 is 4.72 Å². The average molecular weight is 272 g/mol. The Labute approximate surface area is 106 Å². The maximum absolute atomic E-state index is 11.8. The monoisotopic (exact) mass is 272 g/mol. The van der Waals surface area contributed by atoms with Crippen molar-refractivity contribution in [3.8, 4) is 0 Å². The SMILES string of the molecule is C=CCNS(=O)(=O)c1cc(C(=O)O)n(CCC)c1. The van der Waals surface area contributed by atoms with Crippen molar-refractivity contribution in [2.75, 3.05) is 6.54 Å². The van der Waals surface area contributed by atoms with Crippen LogP contribution in [-0.4, -0.2) is 30.6 Å². The van der Waals surface area contributed by atoms with Crippen LogP contribution in [0.4, 0.5) is 0 Å². The molecule has 100 valence electrons. The van der Waals surface area contributed by atoms with Gasteiger partial charge in [0.2, 0.25) is 10.0 Å². The summed E-state index contributed by atoms with van der Waals surface area (Å²) < 4.78 is 27.4. The number of hydrogen-bond acceptors (Lipinski definition) is 3. The first kappa shape index (κ1) is 14.5. The topological polar surface area (TPSA) is 88.4 Å². The molecule has 0 aliphatic carbocycles. The van der Waals surface area contributed by atoms with Gasteiger partial charge in [0.1, 0.15) is 10.6 Å². The normalized spacial score (nSPS) is 11.4. The molecule has 0 saturated heterocycles. The van der Waals surface area contributed by atoms with Gasteiger partial charge in [0.25, 0.3) is 0 Å². The summed E-state index contributed by atoms with van der Waals surface area (Å²) in [6.07, 6.45) is 3.46. The van der Waals surface area contributed by atoms with Crippen molar-refractivity contribution in [1.82, 2.24) is 9.29 Å². The molecule has 0 saturated carbocycles. The summed E-state index contributed by atoms with van der Waals surface area (Å²) in [7, 11) is -3.68. The summed E-state index contributed by atoms with van der Waals surface area (Å²) in [4.78, 5) is 11.0. The standard InChI is InChI=1S/C11H16N2O4S/c1-3-5-12-18(16,17)9-7-10(11(14)15)13(8-9)6-4-2/h3,7-8,12H,1,4-6H2,2H3,(H,14,15). The highest BCUT2D eigenvalue weighted by molar-refractivity contribution is 7.89. The van der Waals surface area contributed by atoms with Crippen molar-refractivity contribution >= 4 is 16.0 Å². The van der Waals surface area contributed by atoms with E-state index in [0.717, 1.165) is 6.07 Å². The molecule has 0 unspecified atom stereocenters. The number of carboxylic acid groups (broad SMARTS) is 1. The van der Waals surface area contributed by atoms with E-state index in [1.165, 1.54) is 16.8 Å². The Morgan fingerprint density at radius 2 is 2.28 bits per heavy atom. The van der Waals surface area contributed by atoms with E-state index in [9.17, 15) is 13.2 Å². The summed E-state index contributed by atoms with van der Waals surface area (Å²) >= 11 is 0. The third-order valence-corrected chi connectivity index (χ3v) is 3.67. The molecular weight excluding hydrogens is 256 g/mol. The fourth-order valence-electron chi connectivity index (χ4n) is 1.49. The zero-order chi connectivity index (χ0) is 13.8. The Balaban J connectivity index is 3.14. The maximum Gasteiger partial charge on any atom is 0.352 e. The number of nitrogens with one attached hydrogen (secondary N) is 1. The largest absolute Gasteiger partial charge is 0.477 e. The van der Waals surface area contributed by atoms with Crippen molar-refractivity contribution in [1.29, 1.82) is 0 Å². The second-order valence-corrected chi connectivity index (χ2v) is 5.47. The minimum Gasteiger partial charge on any atom is -0.477 e. The molecule has 2 N–H and O–H groups in total. The highest BCUT2D eigenvalue weighted by atomic mass is 32.2. The lowest BCUT2D eigenvalue weighted by Crippen LogP contribution is -2.23. The molecule has 1 aromatic heterocycles. The Bertz CT molecular complexity index is 545. The van der Waals surface area contributed by atoms with Crippen LogP contribution in [0, 0.1) is 0 Å². The molecule has 0 bridgehead atoms. The minimum atomic E-state index is -3.68. The van der Waals surface area contributed by atoms with Gasteiger partial charge in [-0.1, -0.05) is 13.0 Å². The number of rotatable bonds is 7. The fourth-order valence-corrected chi connectivity index (χ4v) is 2.52. The van der Waals surface area contributed by atoms with Gasteiger partial charge in [-0.05, 0) is 12.5 Å². The number of carboxylic acids is 1. The number of carbonyl (C=O) groups is 1. The van der Waals surface area contributed by atoms with Gasteiger partial charge in [-0.15, -0.1) is 6.58 Å². The highest BCUT2D eigenvalue weighted by Gasteiger charge is 2.20. The van der Waals surface area contributed by atoms with Crippen LogP contribution in [0.1, 0.15) is 23.8 Å². The zero-order valence-electron chi connectivity index (χ0n) is 10.1. The lowest BCUT2D eigenvalue weighted by Gasteiger charge is -2.02. The summed E-state index contributed by atoms with van der Waals surface area (Å²) in [5.41, 5.74) is -0.0316. The third-order valence-electron chi connectivity index (χ3n) is 2.28. The number of sulfonamides is 1. The molecule has 0 amide bonds. The van der Waals surface area contributed by atoms with E-state index in [0.29, 0.717) is 13.0 Å². The molecule has 1 rings (SSSR count). The summed E-state index contributed by atoms with van der Waals surface area (Å²) in [5, 5.41) is 9.00. The third kappa shape index (κ3) is 3.21. The van der Waals surface area contributed by atoms with Crippen LogP contribution in [0.2, 0.25) is 0 Å². The first-order valence-electron chi connectivity index (χ1n) is 5.46. The molecule has 0 atom stereocenters. The zero-order valence-corrected chi connectivity index (χ0v) is 10.9. The van der Waals surface area contributed by atoms with E-state index in [1.54, 1.807) is 0 Å². The van der Waals surface area contributed by atoms with Gasteiger partial charge in [-0.2, -0.15) is 0 Å². The second kappa shape index (κ2) is 5.83. The van der Waals surface area contributed by atoms with Crippen LogP contribution in [0.3, 0.4) is 0 Å². The van der Waals surface area contributed by atoms with Crippen molar-refractivity contribution in [3.63, 3.8) is 0 Å². The molecule has 7 heteroatoms. The van der Waals surface area contributed by atoms with Crippen LogP contribution in [0.15, 0.2) is 29.8 Å². The van der Waals surface area contributed by atoms with Gasteiger partial charge in [0.15, 0.2) is 0 Å². The summed E-state index contributed by atoms with van der Waals surface area (Å²) in [5.74, 6) is -1.14. The van der Waals surface area contributed by atoms with Crippen LogP contribution >= 0.6 is 0 Å². The van der Waals surface area contributed by atoms with Crippen molar-refractivity contribution < 1.29 is 18.3 Å².